The summed E-state index contributed by atoms with van der Waals surface area (Å²) in [5.74, 6) is 0. The maximum atomic E-state index is 9.77. The minimum absolute atomic E-state index is 0.198. The van der Waals surface area contributed by atoms with Gasteiger partial charge in [-0.1, -0.05) is 0 Å². The van der Waals surface area contributed by atoms with Crippen LogP contribution in [0.15, 0.2) is 6.07 Å². The predicted molar refractivity (Wildman–Crippen MR) is 80.9 cm³/mol. The maximum absolute atomic E-state index is 9.77. The van der Waals surface area contributed by atoms with Crippen molar-refractivity contribution in [1.29, 1.82) is 0 Å². The summed E-state index contributed by atoms with van der Waals surface area (Å²) in [4.78, 5) is 0. The van der Waals surface area contributed by atoms with Crippen LogP contribution in [0.5, 0.6) is 0 Å². The fourth-order valence-electron chi connectivity index (χ4n) is 1.93. The molecule has 0 bridgehead atoms. The van der Waals surface area contributed by atoms with Crippen LogP contribution in [0.1, 0.15) is 38.6 Å². The van der Waals surface area contributed by atoms with Crippen molar-refractivity contribution in [2.24, 2.45) is 0 Å². The van der Waals surface area contributed by atoms with Crippen molar-refractivity contribution in [3.05, 3.63) is 17.5 Å². The lowest BCUT2D eigenvalue weighted by atomic mass is 10.2. The molecule has 0 aliphatic rings. The number of hydrogen-bond acceptors (Lipinski definition) is 4. The van der Waals surface area contributed by atoms with Crippen LogP contribution >= 0.6 is 0 Å². The summed E-state index contributed by atoms with van der Waals surface area (Å²) < 4.78 is 7.56. The van der Waals surface area contributed by atoms with Crippen LogP contribution in [0.2, 0.25) is 0 Å². The van der Waals surface area contributed by atoms with E-state index in [9.17, 15) is 5.11 Å². The molecule has 1 aromatic rings. The third-order valence-corrected chi connectivity index (χ3v) is 2.92. The van der Waals surface area contributed by atoms with Gasteiger partial charge in [0.1, 0.15) is 0 Å². The van der Waals surface area contributed by atoms with Crippen LogP contribution in [-0.4, -0.2) is 46.3 Å². The van der Waals surface area contributed by atoms with Crippen LogP contribution in [0.25, 0.3) is 0 Å². The fourth-order valence-corrected chi connectivity index (χ4v) is 1.93. The van der Waals surface area contributed by atoms with Gasteiger partial charge in [0, 0.05) is 18.8 Å². The molecule has 1 unspecified atom stereocenters. The number of aliphatic hydroxyl groups excluding tert-OH is 1. The van der Waals surface area contributed by atoms with Gasteiger partial charge in [-0.05, 0) is 53.7 Å². The van der Waals surface area contributed by atoms with Crippen molar-refractivity contribution in [3.63, 3.8) is 0 Å². The summed E-state index contributed by atoms with van der Waals surface area (Å²) in [6, 6.07) is 2.08. The Labute approximate surface area is 122 Å². The van der Waals surface area contributed by atoms with E-state index < -0.39 is 6.10 Å². The van der Waals surface area contributed by atoms with E-state index >= 15 is 0 Å². The van der Waals surface area contributed by atoms with Gasteiger partial charge in [0.15, 0.2) is 0 Å². The molecule has 1 aromatic heterocycles. The summed E-state index contributed by atoms with van der Waals surface area (Å²) in [7, 11) is 0. The van der Waals surface area contributed by atoms with Gasteiger partial charge in [-0.3, -0.25) is 4.68 Å². The highest BCUT2D eigenvalue weighted by atomic mass is 16.5. The smallest absolute Gasteiger partial charge is 0.0897 e. The topological polar surface area (TPSA) is 59.3 Å². The lowest BCUT2D eigenvalue weighted by Gasteiger charge is -2.22. The highest BCUT2D eigenvalue weighted by Gasteiger charge is 2.13. The molecule has 0 fully saturated rings. The van der Waals surface area contributed by atoms with Crippen molar-refractivity contribution in [2.75, 3.05) is 19.7 Å². The van der Waals surface area contributed by atoms with Gasteiger partial charge < -0.3 is 15.2 Å². The van der Waals surface area contributed by atoms with E-state index in [1.54, 1.807) is 0 Å². The van der Waals surface area contributed by atoms with Crippen molar-refractivity contribution >= 4 is 0 Å². The average Bonchev–Trinajstić information content (AvgIpc) is 2.64. The summed E-state index contributed by atoms with van der Waals surface area (Å²) in [5.41, 5.74) is 2.06. The van der Waals surface area contributed by atoms with Crippen LogP contribution in [0, 0.1) is 13.8 Å². The Morgan fingerprint density at radius 2 is 2.10 bits per heavy atom. The lowest BCUT2D eigenvalue weighted by molar-refractivity contribution is -0.0478. The Bertz CT molecular complexity index is 396. The molecular formula is C15H29N3O2. The van der Waals surface area contributed by atoms with E-state index in [-0.39, 0.29) is 5.60 Å². The monoisotopic (exact) mass is 283 g/mol. The second kappa shape index (κ2) is 7.76. The normalized spacial score (nSPS) is 13.7. The first-order valence-corrected chi connectivity index (χ1v) is 7.32. The molecule has 5 nitrogen and oxygen atoms in total. The zero-order valence-corrected chi connectivity index (χ0v) is 13.4. The van der Waals surface area contributed by atoms with Gasteiger partial charge in [-0.25, -0.2) is 0 Å². The summed E-state index contributed by atoms with van der Waals surface area (Å²) in [6.45, 7) is 12.7. The summed E-state index contributed by atoms with van der Waals surface area (Å²) in [5, 5.41) is 17.4. The van der Waals surface area contributed by atoms with Gasteiger partial charge in [0.2, 0.25) is 0 Å². The molecule has 0 radical (unpaired) electrons. The molecule has 0 amide bonds. The molecule has 1 atom stereocenters. The number of hydrogen-bond donors (Lipinski definition) is 2. The molecule has 5 heteroatoms. The fraction of sp³-hybridized carbons (Fsp3) is 0.800. The number of nitrogens with one attached hydrogen (secondary N) is 1. The molecule has 1 heterocycles. The van der Waals surface area contributed by atoms with Gasteiger partial charge in [-0.2, -0.15) is 5.10 Å². The van der Waals surface area contributed by atoms with Crippen molar-refractivity contribution in [3.8, 4) is 0 Å². The zero-order chi connectivity index (χ0) is 15.2. The van der Waals surface area contributed by atoms with Crippen molar-refractivity contribution in [2.45, 2.75) is 59.3 Å². The average molecular weight is 283 g/mol. The predicted octanol–water partition coefficient (Wildman–Crippen LogP) is 1.66. The molecule has 0 saturated carbocycles. The van der Waals surface area contributed by atoms with E-state index in [4.69, 9.17) is 4.74 Å². The maximum Gasteiger partial charge on any atom is 0.0897 e. The zero-order valence-electron chi connectivity index (χ0n) is 13.4. The minimum atomic E-state index is -0.456. The highest BCUT2D eigenvalue weighted by molar-refractivity contribution is 5.06. The second-order valence-corrected chi connectivity index (χ2v) is 6.29. The van der Waals surface area contributed by atoms with E-state index in [0.717, 1.165) is 25.2 Å². The Balaban J connectivity index is 2.08. The number of aryl methyl sites for hydroxylation is 3. The number of aromatic nitrogens is 2. The molecule has 116 valence electrons. The Hall–Kier alpha value is -0.910. The van der Waals surface area contributed by atoms with E-state index in [1.807, 2.05) is 32.4 Å². The largest absolute Gasteiger partial charge is 0.389 e. The number of ether oxygens (including phenoxy) is 1. The summed E-state index contributed by atoms with van der Waals surface area (Å²) in [6.07, 6.45) is 0.539. The van der Waals surface area contributed by atoms with Gasteiger partial charge in [0.25, 0.3) is 0 Å². The van der Waals surface area contributed by atoms with Crippen LogP contribution in [-0.2, 0) is 11.3 Å². The van der Waals surface area contributed by atoms with Crippen LogP contribution in [0.4, 0.5) is 0 Å². The van der Waals surface area contributed by atoms with E-state index in [0.29, 0.717) is 13.2 Å². The standard InChI is InChI=1S/C15H29N3O2/c1-12-9-13(2)18(17-12)8-6-7-16-10-14(19)11-20-15(3,4)5/h9,14,16,19H,6-8,10-11H2,1-5H3. The number of aliphatic hydroxyl groups is 1. The Morgan fingerprint density at radius 3 is 2.65 bits per heavy atom. The molecule has 0 saturated heterocycles. The van der Waals surface area contributed by atoms with Crippen molar-refractivity contribution in [1.82, 2.24) is 15.1 Å². The summed E-state index contributed by atoms with van der Waals surface area (Å²) >= 11 is 0. The van der Waals surface area contributed by atoms with Crippen molar-refractivity contribution < 1.29 is 9.84 Å². The quantitative estimate of drug-likeness (QED) is 0.712. The minimum Gasteiger partial charge on any atom is -0.389 e. The Morgan fingerprint density at radius 1 is 1.40 bits per heavy atom. The molecule has 0 spiro atoms. The third kappa shape index (κ3) is 7.03. The van der Waals surface area contributed by atoms with Gasteiger partial charge in [-0.15, -0.1) is 0 Å². The molecule has 0 aliphatic heterocycles. The molecule has 0 aliphatic carbocycles. The molecule has 0 aromatic carbocycles. The van der Waals surface area contributed by atoms with Gasteiger partial charge >= 0.3 is 0 Å². The molecule has 1 rings (SSSR count). The first kappa shape index (κ1) is 17.1. The second-order valence-electron chi connectivity index (χ2n) is 6.29. The highest BCUT2D eigenvalue weighted by Crippen LogP contribution is 2.06. The van der Waals surface area contributed by atoms with E-state index in [1.165, 1.54) is 5.69 Å². The van der Waals surface area contributed by atoms with E-state index in [2.05, 4.69) is 23.4 Å². The van der Waals surface area contributed by atoms with Gasteiger partial charge in [0.05, 0.1) is 24.0 Å². The molecule has 20 heavy (non-hydrogen) atoms. The third-order valence-electron chi connectivity index (χ3n) is 2.92. The number of nitrogens with zero attached hydrogens (tertiary/aromatic N) is 2. The lowest BCUT2D eigenvalue weighted by Crippen LogP contribution is -2.34. The molecule has 2 N–H and O–H groups in total. The molecular weight excluding hydrogens is 254 g/mol. The Kier molecular flexibility index (Phi) is 6.65. The first-order chi connectivity index (χ1) is 9.28. The number of rotatable bonds is 8. The SMILES string of the molecule is Cc1cc(C)n(CCCNCC(O)COC(C)(C)C)n1. The van der Waals surface area contributed by atoms with Crippen LogP contribution < -0.4 is 5.32 Å². The first-order valence-electron chi connectivity index (χ1n) is 7.32. The van der Waals surface area contributed by atoms with Crippen LogP contribution in [0.3, 0.4) is 0 Å².